The number of likely N-dealkylation sites (tertiary alicyclic amines) is 1. The fourth-order valence-corrected chi connectivity index (χ4v) is 5.91. The lowest BCUT2D eigenvalue weighted by Gasteiger charge is -2.37. The van der Waals surface area contributed by atoms with Crippen LogP contribution in [0.2, 0.25) is 0 Å². The summed E-state index contributed by atoms with van der Waals surface area (Å²) in [6.07, 6.45) is 0.564. The van der Waals surface area contributed by atoms with E-state index in [0.717, 1.165) is 22.3 Å². The lowest BCUT2D eigenvalue weighted by atomic mass is 9.80. The lowest BCUT2D eigenvalue weighted by molar-refractivity contribution is -0.158. The molecule has 4 aromatic carbocycles. The minimum Gasteiger partial charge on any atom is -0.358 e. The molecule has 5 nitrogen and oxygen atoms in total. The fraction of sp³-hybridized carbons (Fsp3) is 0.235. The van der Waals surface area contributed by atoms with Crippen molar-refractivity contribution in [1.29, 1.82) is 0 Å². The van der Waals surface area contributed by atoms with Crippen LogP contribution < -0.4 is 0 Å². The lowest BCUT2D eigenvalue weighted by Crippen LogP contribution is -2.44. The van der Waals surface area contributed by atoms with Crippen LogP contribution in [0.15, 0.2) is 121 Å². The van der Waals surface area contributed by atoms with Crippen molar-refractivity contribution in [1.82, 2.24) is 4.90 Å². The zero-order valence-electron chi connectivity index (χ0n) is 21.7. The van der Waals surface area contributed by atoms with E-state index in [1.54, 1.807) is 4.90 Å². The zero-order chi connectivity index (χ0) is 26.7. The zero-order valence-corrected chi connectivity index (χ0v) is 21.7. The molecule has 0 unspecified atom stereocenters. The molecular weight excluding hydrogens is 486 g/mol. The molecule has 0 N–H and O–H groups in total. The molecule has 4 aromatic rings. The number of hydrogen-bond acceptors (Lipinski definition) is 4. The maximum atomic E-state index is 13.5. The number of ether oxygens (including phenoxy) is 2. The first-order chi connectivity index (χ1) is 19.1. The number of rotatable bonds is 8. The van der Waals surface area contributed by atoms with Gasteiger partial charge < -0.3 is 14.4 Å². The van der Waals surface area contributed by atoms with E-state index in [1.165, 1.54) is 0 Å². The van der Waals surface area contributed by atoms with Crippen molar-refractivity contribution in [3.63, 3.8) is 0 Å². The standard InChI is InChI=1S/C34H31NO4/c36-31-24-35(23-26-13-5-1-6-14-26)32(37)33(31)22-21-30(39-33)25-38-34(27-15-7-2-8-16-27,28-17-9-3-10-18-28)29-19-11-4-12-20-29/h1-20,30H,21-25H2/t30-,33-/m0/s1. The normalized spacial score (nSPS) is 21.1. The third-order valence-electron chi connectivity index (χ3n) is 7.85. The third-order valence-corrected chi connectivity index (χ3v) is 7.85. The van der Waals surface area contributed by atoms with E-state index in [-0.39, 0.29) is 30.9 Å². The molecule has 5 heteroatoms. The summed E-state index contributed by atoms with van der Waals surface area (Å²) < 4.78 is 13.2. The molecule has 196 valence electrons. The smallest absolute Gasteiger partial charge is 0.263 e. The molecular formula is C34H31NO4. The van der Waals surface area contributed by atoms with Gasteiger partial charge in [0.05, 0.1) is 19.3 Å². The second kappa shape index (κ2) is 10.6. The Hall–Kier alpha value is -4.06. The summed E-state index contributed by atoms with van der Waals surface area (Å²) in [5.74, 6) is -0.398. The van der Waals surface area contributed by atoms with Crippen LogP contribution in [-0.2, 0) is 31.2 Å². The van der Waals surface area contributed by atoms with Crippen LogP contribution in [0, 0.1) is 0 Å². The quantitative estimate of drug-likeness (QED) is 0.228. The van der Waals surface area contributed by atoms with Crippen LogP contribution in [-0.4, -0.2) is 41.4 Å². The van der Waals surface area contributed by atoms with E-state index in [9.17, 15) is 9.59 Å². The first kappa shape index (κ1) is 25.2. The highest BCUT2D eigenvalue weighted by molar-refractivity contribution is 6.16. The van der Waals surface area contributed by atoms with Crippen molar-refractivity contribution in [2.75, 3.05) is 13.2 Å². The topological polar surface area (TPSA) is 55.8 Å². The molecule has 1 spiro atoms. The van der Waals surface area contributed by atoms with Crippen LogP contribution in [0.4, 0.5) is 0 Å². The molecule has 0 aliphatic carbocycles. The van der Waals surface area contributed by atoms with Crippen LogP contribution in [0.3, 0.4) is 0 Å². The largest absolute Gasteiger partial charge is 0.358 e. The SMILES string of the molecule is O=C1CN(Cc2ccccc2)C(=O)[C@]12CC[C@@H](COC(c1ccccc1)(c1ccccc1)c1ccccc1)O2. The molecule has 2 aliphatic heterocycles. The van der Waals surface area contributed by atoms with Gasteiger partial charge in [-0.2, -0.15) is 0 Å². The number of nitrogens with zero attached hydrogens (tertiary/aromatic N) is 1. The van der Waals surface area contributed by atoms with Gasteiger partial charge in [0.1, 0.15) is 5.60 Å². The summed E-state index contributed by atoms with van der Waals surface area (Å²) in [5.41, 5.74) is 1.70. The molecule has 1 amide bonds. The summed E-state index contributed by atoms with van der Waals surface area (Å²) in [7, 11) is 0. The Morgan fingerprint density at radius 1 is 0.744 bits per heavy atom. The Morgan fingerprint density at radius 2 is 1.23 bits per heavy atom. The molecule has 0 aromatic heterocycles. The van der Waals surface area contributed by atoms with Gasteiger partial charge in [0, 0.05) is 6.54 Å². The van der Waals surface area contributed by atoms with E-state index >= 15 is 0 Å². The first-order valence-corrected chi connectivity index (χ1v) is 13.5. The molecule has 6 rings (SSSR count). The summed E-state index contributed by atoms with van der Waals surface area (Å²) in [6, 6.07) is 40.2. The monoisotopic (exact) mass is 517 g/mol. The van der Waals surface area contributed by atoms with Gasteiger partial charge in [0.25, 0.3) is 5.91 Å². The maximum absolute atomic E-state index is 13.5. The predicted octanol–water partition coefficient (Wildman–Crippen LogP) is 5.52. The van der Waals surface area contributed by atoms with E-state index < -0.39 is 11.2 Å². The summed E-state index contributed by atoms with van der Waals surface area (Å²) in [4.78, 5) is 28.3. The van der Waals surface area contributed by atoms with E-state index in [1.807, 2.05) is 84.9 Å². The van der Waals surface area contributed by atoms with Gasteiger partial charge in [-0.3, -0.25) is 9.59 Å². The van der Waals surface area contributed by atoms with Gasteiger partial charge in [-0.15, -0.1) is 0 Å². The molecule has 2 aliphatic rings. The number of hydrogen-bond donors (Lipinski definition) is 0. The summed E-state index contributed by atoms with van der Waals surface area (Å²) >= 11 is 0. The van der Waals surface area contributed by atoms with E-state index in [0.29, 0.717) is 19.4 Å². The second-order valence-electron chi connectivity index (χ2n) is 10.3. The Bertz CT molecular complexity index is 1330. The van der Waals surface area contributed by atoms with Crippen molar-refractivity contribution in [3.8, 4) is 0 Å². The molecule has 2 atom stereocenters. The molecule has 39 heavy (non-hydrogen) atoms. The average molecular weight is 518 g/mol. The number of carbonyl (C=O) groups is 2. The third kappa shape index (κ3) is 4.58. The van der Waals surface area contributed by atoms with E-state index in [4.69, 9.17) is 9.47 Å². The van der Waals surface area contributed by atoms with Crippen LogP contribution in [0.1, 0.15) is 35.1 Å². The average Bonchev–Trinajstić information content (AvgIpc) is 3.53. The van der Waals surface area contributed by atoms with Gasteiger partial charge >= 0.3 is 0 Å². The van der Waals surface area contributed by atoms with Crippen molar-refractivity contribution in [2.24, 2.45) is 0 Å². The Morgan fingerprint density at radius 3 is 1.74 bits per heavy atom. The van der Waals surface area contributed by atoms with Crippen molar-refractivity contribution >= 4 is 11.7 Å². The van der Waals surface area contributed by atoms with E-state index in [2.05, 4.69) is 36.4 Å². The molecule has 0 saturated carbocycles. The van der Waals surface area contributed by atoms with Gasteiger partial charge in [-0.1, -0.05) is 121 Å². The first-order valence-electron chi connectivity index (χ1n) is 13.5. The number of benzene rings is 4. The van der Waals surface area contributed by atoms with Gasteiger partial charge in [-0.25, -0.2) is 0 Å². The van der Waals surface area contributed by atoms with Gasteiger partial charge in [0.2, 0.25) is 5.60 Å². The molecule has 0 radical (unpaired) electrons. The number of ketones is 1. The van der Waals surface area contributed by atoms with Crippen molar-refractivity contribution in [2.45, 2.75) is 36.7 Å². The highest BCUT2D eigenvalue weighted by atomic mass is 16.6. The Balaban J connectivity index is 1.27. The van der Waals surface area contributed by atoms with Crippen molar-refractivity contribution in [3.05, 3.63) is 144 Å². The summed E-state index contributed by atoms with van der Waals surface area (Å²) in [5, 5.41) is 0. The molecule has 2 heterocycles. The highest BCUT2D eigenvalue weighted by Gasteiger charge is 2.59. The van der Waals surface area contributed by atoms with Crippen LogP contribution in [0.25, 0.3) is 0 Å². The second-order valence-corrected chi connectivity index (χ2v) is 10.3. The maximum Gasteiger partial charge on any atom is 0.263 e. The minimum absolute atomic E-state index is 0.0727. The van der Waals surface area contributed by atoms with Gasteiger partial charge in [-0.05, 0) is 35.1 Å². The number of amides is 1. The predicted molar refractivity (Wildman–Crippen MR) is 149 cm³/mol. The highest BCUT2D eigenvalue weighted by Crippen LogP contribution is 2.43. The van der Waals surface area contributed by atoms with Crippen LogP contribution >= 0.6 is 0 Å². The number of Topliss-reactive ketones (excluding diaryl/α,β-unsaturated/α-hetero) is 1. The van der Waals surface area contributed by atoms with Gasteiger partial charge in [0.15, 0.2) is 5.78 Å². The summed E-state index contributed by atoms with van der Waals surface area (Å²) in [6.45, 7) is 0.708. The fourth-order valence-electron chi connectivity index (χ4n) is 5.91. The molecule has 2 fully saturated rings. The molecule has 2 saturated heterocycles. The Kier molecular flexibility index (Phi) is 6.86. The van der Waals surface area contributed by atoms with Crippen LogP contribution in [0.5, 0.6) is 0 Å². The minimum atomic E-state index is -1.41. The molecule has 0 bridgehead atoms. The Labute approximate surface area is 229 Å². The van der Waals surface area contributed by atoms with Crippen molar-refractivity contribution < 1.29 is 19.1 Å². The number of carbonyl (C=O) groups excluding carboxylic acids is 2.